The van der Waals surface area contributed by atoms with Crippen LogP contribution in [-0.2, 0) is 13.0 Å². The van der Waals surface area contributed by atoms with Crippen LogP contribution in [0.4, 0.5) is 0 Å². The van der Waals surface area contributed by atoms with Gasteiger partial charge in [-0.15, -0.1) is 0 Å². The van der Waals surface area contributed by atoms with E-state index in [0.29, 0.717) is 0 Å². The van der Waals surface area contributed by atoms with Crippen LogP contribution in [-0.4, -0.2) is 17.6 Å². The summed E-state index contributed by atoms with van der Waals surface area (Å²) in [5.74, 6) is 0. The van der Waals surface area contributed by atoms with Gasteiger partial charge in [-0.25, -0.2) is 0 Å². The molecule has 0 bridgehead atoms. The molecule has 0 aliphatic carbocycles. The highest BCUT2D eigenvalue weighted by atomic mass is 15.3. The standard InChI is InChI=1S/C14H17N3/c15-13-5-6-14(16-9-13)17-8-7-11-3-1-2-4-12(11)10-17/h1-6,9,14,16H,7-8,10,15H2. The minimum absolute atomic E-state index is 0.274. The Bertz CT molecular complexity index is 476. The van der Waals surface area contributed by atoms with Gasteiger partial charge < -0.3 is 11.1 Å². The van der Waals surface area contributed by atoms with Crippen LogP contribution < -0.4 is 11.1 Å². The molecule has 0 radical (unpaired) electrons. The number of benzene rings is 1. The van der Waals surface area contributed by atoms with E-state index in [-0.39, 0.29) is 6.17 Å². The molecule has 3 rings (SSSR count). The molecule has 2 aliphatic heterocycles. The van der Waals surface area contributed by atoms with E-state index in [1.54, 1.807) is 0 Å². The van der Waals surface area contributed by atoms with Gasteiger partial charge in [0.1, 0.15) is 0 Å². The molecule has 17 heavy (non-hydrogen) atoms. The fourth-order valence-electron chi connectivity index (χ4n) is 2.47. The van der Waals surface area contributed by atoms with Gasteiger partial charge in [-0.3, -0.25) is 4.90 Å². The fourth-order valence-corrected chi connectivity index (χ4v) is 2.47. The molecule has 0 aromatic heterocycles. The second-order valence-corrected chi connectivity index (χ2v) is 4.60. The molecule has 3 nitrogen and oxygen atoms in total. The van der Waals surface area contributed by atoms with E-state index in [0.717, 1.165) is 25.2 Å². The summed E-state index contributed by atoms with van der Waals surface area (Å²) in [6, 6.07) is 8.69. The first kappa shape index (κ1) is 10.4. The smallest absolute Gasteiger partial charge is 0.0989 e. The number of hydrogen-bond donors (Lipinski definition) is 2. The summed E-state index contributed by atoms with van der Waals surface area (Å²) in [6.07, 6.45) is 7.38. The predicted molar refractivity (Wildman–Crippen MR) is 68.9 cm³/mol. The van der Waals surface area contributed by atoms with Gasteiger partial charge >= 0.3 is 0 Å². The first-order valence-corrected chi connectivity index (χ1v) is 6.04. The molecule has 3 heteroatoms. The van der Waals surface area contributed by atoms with E-state index >= 15 is 0 Å². The van der Waals surface area contributed by atoms with Crippen molar-refractivity contribution in [1.82, 2.24) is 10.2 Å². The van der Waals surface area contributed by atoms with Crippen molar-refractivity contribution in [2.24, 2.45) is 5.73 Å². The van der Waals surface area contributed by atoms with Gasteiger partial charge in [0.2, 0.25) is 0 Å². The number of nitrogens with two attached hydrogens (primary N) is 1. The molecular weight excluding hydrogens is 210 g/mol. The second-order valence-electron chi connectivity index (χ2n) is 4.60. The van der Waals surface area contributed by atoms with Crippen LogP contribution in [0.3, 0.4) is 0 Å². The minimum Gasteiger partial charge on any atom is -0.398 e. The van der Waals surface area contributed by atoms with Gasteiger partial charge in [0.15, 0.2) is 0 Å². The highest BCUT2D eigenvalue weighted by molar-refractivity contribution is 5.30. The zero-order valence-corrected chi connectivity index (χ0v) is 9.76. The molecule has 3 N–H and O–H groups in total. The molecule has 0 spiro atoms. The highest BCUT2D eigenvalue weighted by Crippen LogP contribution is 2.20. The molecule has 1 unspecified atom stereocenters. The molecule has 0 fully saturated rings. The predicted octanol–water partition coefficient (Wildman–Crippen LogP) is 1.33. The Kier molecular flexibility index (Phi) is 2.61. The van der Waals surface area contributed by atoms with Crippen LogP contribution in [0, 0.1) is 0 Å². The fraction of sp³-hybridized carbons (Fsp3) is 0.286. The number of fused-ring (bicyclic) bond motifs is 1. The molecule has 1 aromatic carbocycles. The number of rotatable bonds is 1. The van der Waals surface area contributed by atoms with Gasteiger partial charge in [0.05, 0.1) is 6.17 Å². The topological polar surface area (TPSA) is 41.3 Å². The summed E-state index contributed by atoms with van der Waals surface area (Å²) >= 11 is 0. The highest BCUT2D eigenvalue weighted by Gasteiger charge is 2.21. The van der Waals surface area contributed by atoms with Crippen LogP contribution in [0.15, 0.2) is 48.3 Å². The van der Waals surface area contributed by atoms with Crippen molar-refractivity contribution in [3.05, 3.63) is 59.4 Å². The maximum atomic E-state index is 5.70. The Hall–Kier alpha value is -1.74. The zero-order valence-electron chi connectivity index (χ0n) is 9.76. The van der Waals surface area contributed by atoms with E-state index in [9.17, 15) is 0 Å². The number of nitrogens with one attached hydrogen (secondary N) is 1. The Morgan fingerprint density at radius 3 is 2.82 bits per heavy atom. The average Bonchev–Trinajstić information content (AvgIpc) is 2.39. The van der Waals surface area contributed by atoms with Gasteiger partial charge in [-0.1, -0.05) is 24.3 Å². The Morgan fingerprint density at radius 1 is 1.24 bits per heavy atom. The first-order chi connectivity index (χ1) is 8.33. The van der Waals surface area contributed by atoms with Gasteiger partial charge in [0.25, 0.3) is 0 Å². The van der Waals surface area contributed by atoms with Crippen molar-refractivity contribution in [2.45, 2.75) is 19.1 Å². The maximum Gasteiger partial charge on any atom is 0.0989 e. The molecule has 0 saturated heterocycles. The molecule has 2 heterocycles. The number of hydrogen-bond acceptors (Lipinski definition) is 3. The molecule has 0 amide bonds. The van der Waals surface area contributed by atoms with Crippen molar-refractivity contribution in [3.63, 3.8) is 0 Å². The van der Waals surface area contributed by atoms with Crippen molar-refractivity contribution in [3.8, 4) is 0 Å². The van der Waals surface area contributed by atoms with E-state index in [4.69, 9.17) is 5.73 Å². The van der Waals surface area contributed by atoms with Gasteiger partial charge in [0, 0.05) is 25.0 Å². The summed E-state index contributed by atoms with van der Waals surface area (Å²) in [5.41, 5.74) is 9.41. The summed E-state index contributed by atoms with van der Waals surface area (Å²) in [5, 5.41) is 3.32. The second kappa shape index (κ2) is 4.26. The van der Waals surface area contributed by atoms with Crippen LogP contribution in [0.25, 0.3) is 0 Å². The maximum absolute atomic E-state index is 5.70. The molecular formula is C14H17N3. The Morgan fingerprint density at radius 2 is 2.06 bits per heavy atom. The lowest BCUT2D eigenvalue weighted by Gasteiger charge is -2.35. The summed E-state index contributed by atoms with van der Waals surface area (Å²) < 4.78 is 0. The number of allylic oxidation sites excluding steroid dienone is 1. The van der Waals surface area contributed by atoms with Crippen LogP contribution >= 0.6 is 0 Å². The molecule has 0 saturated carbocycles. The lowest BCUT2D eigenvalue weighted by molar-refractivity contribution is 0.193. The molecule has 1 aromatic rings. The SMILES string of the molecule is NC1=CNC(N2CCc3ccccc3C2)C=C1. The van der Waals surface area contributed by atoms with Gasteiger partial charge in [-0.05, 0) is 29.7 Å². The number of nitrogens with zero attached hydrogens (tertiary/aromatic N) is 1. The van der Waals surface area contributed by atoms with Crippen molar-refractivity contribution in [1.29, 1.82) is 0 Å². The molecule has 1 atom stereocenters. The van der Waals surface area contributed by atoms with Crippen molar-refractivity contribution in [2.75, 3.05) is 6.54 Å². The third-order valence-corrected chi connectivity index (χ3v) is 3.45. The first-order valence-electron chi connectivity index (χ1n) is 6.04. The largest absolute Gasteiger partial charge is 0.398 e. The Labute approximate surface area is 102 Å². The van der Waals surface area contributed by atoms with Crippen molar-refractivity contribution >= 4 is 0 Å². The molecule has 88 valence electrons. The van der Waals surface area contributed by atoms with Crippen LogP contribution in [0.1, 0.15) is 11.1 Å². The van der Waals surface area contributed by atoms with E-state index in [1.165, 1.54) is 11.1 Å². The van der Waals surface area contributed by atoms with E-state index < -0.39 is 0 Å². The van der Waals surface area contributed by atoms with Gasteiger partial charge in [-0.2, -0.15) is 0 Å². The third-order valence-electron chi connectivity index (χ3n) is 3.45. The monoisotopic (exact) mass is 227 g/mol. The average molecular weight is 227 g/mol. The third kappa shape index (κ3) is 2.06. The van der Waals surface area contributed by atoms with Crippen molar-refractivity contribution < 1.29 is 0 Å². The van der Waals surface area contributed by atoms with Crippen LogP contribution in [0.2, 0.25) is 0 Å². The summed E-state index contributed by atoms with van der Waals surface area (Å²) in [4.78, 5) is 2.43. The van der Waals surface area contributed by atoms with E-state index in [1.807, 2.05) is 12.3 Å². The summed E-state index contributed by atoms with van der Waals surface area (Å²) in [6.45, 7) is 2.10. The normalized spacial score (nSPS) is 23.8. The van der Waals surface area contributed by atoms with Crippen LogP contribution in [0.5, 0.6) is 0 Å². The lowest BCUT2D eigenvalue weighted by atomic mass is 9.99. The zero-order chi connectivity index (χ0) is 11.7. The Balaban J connectivity index is 1.75. The molecule has 2 aliphatic rings. The van der Waals surface area contributed by atoms with E-state index in [2.05, 4.69) is 40.6 Å². The summed E-state index contributed by atoms with van der Waals surface area (Å²) in [7, 11) is 0. The number of dihydropyridines is 1. The lowest BCUT2D eigenvalue weighted by Crippen LogP contribution is -2.46. The quantitative estimate of drug-likeness (QED) is 0.760. The minimum atomic E-state index is 0.274.